The Balaban J connectivity index is 1.85. The molecule has 1 aromatic carbocycles. The second kappa shape index (κ2) is 4.45. The van der Waals surface area contributed by atoms with Gasteiger partial charge >= 0.3 is 0 Å². The van der Waals surface area contributed by atoms with Crippen molar-refractivity contribution in [1.29, 1.82) is 0 Å². The molecule has 5 aliphatic carbocycles. The Labute approximate surface area is 98.4 Å². The zero-order chi connectivity index (χ0) is 10.8. The maximum Gasteiger partial charge on any atom is -0.0230 e. The maximum atomic E-state index is 2.49. The van der Waals surface area contributed by atoms with Crippen molar-refractivity contribution >= 4 is 0 Å². The van der Waals surface area contributed by atoms with Crippen molar-refractivity contribution in [2.75, 3.05) is 0 Å². The minimum atomic E-state index is 0.843. The lowest BCUT2D eigenvalue weighted by Crippen LogP contribution is -2.11. The number of hydrogen-bond donors (Lipinski definition) is 0. The van der Waals surface area contributed by atoms with Gasteiger partial charge in [-0.05, 0) is 61.5 Å². The molecule has 84 valence electrons. The van der Waals surface area contributed by atoms with Crippen molar-refractivity contribution in [3.63, 3.8) is 0 Å². The minimum Gasteiger partial charge on any atom is -0.0851 e. The van der Waals surface area contributed by atoms with Gasteiger partial charge in [-0.25, -0.2) is 0 Å². The van der Waals surface area contributed by atoms with Crippen LogP contribution in [-0.2, 0) is 12.8 Å². The van der Waals surface area contributed by atoms with Crippen molar-refractivity contribution in [3.8, 4) is 0 Å². The lowest BCUT2D eigenvalue weighted by molar-refractivity contribution is 0.419. The van der Waals surface area contributed by atoms with Crippen molar-refractivity contribution in [2.24, 2.45) is 11.8 Å². The molecule has 16 heavy (non-hydrogen) atoms. The second-order valence-electron chi connectivity index (χ2n) is 5.38. The van der Waals surface area contributed by atoms with Crippen LogP contribution in [0, 0.1) is 11.8 Å². The second-order valence-corrected chi connectivity index (χ2v) is 5.38. The molecule has 0 aliphatic heterocycles. The number of hydrogen-bond acceptors (Lipinski definition) is 0. The fourth-order valence-electron chi connectivity index (χ4n) is 2.99. The van der Waals surface area contributed by atoms with Crippen molar-refractivity contribution in [3.05, 3.63) is 47.5 Å². The highest BCUT2D eigenvalue weighted by atomic mass is 14.2. The van der Waals surface area contributed by atoms with Crippen LogP contribution in [0.25, 0.3) is 0 Å². The van der Waals surface area contributed by atoms with Crippen LogP contribution in [0.1, 0.15) is 36.8 Å². The third kappa shape index (κ3) is 2.21. The number of allylic oxidation sites excluding steroid dienone is 2. The minimum absolute atomic E-state index is 0.843. The van der Waals surface area contributed by atoms with Crippen molar-refractivity contribution in [1.82, 2.24) is 0 Å². The van der Waals surface area contributed by atoms with Gasteiger partial charge in [0.15, 0.2) is 0 Å². The Morgan fingerprint density at radius 1 is 0.625 bits per heavy atom. The molecule has 0 heterocycles. The summed E-state index contributed by atoms with van der Waals surface area (Å²) in [6.07, 6.45) is 13.0. The predicted molar refractivity (Wildman–Crippen MR) is 68.4 cm³/mol. The molecule has 1 aromatic rings. The monoisotopic (exact) mass is 212 g/mol. The standard InChI is InChI=1S/C16H20/c1-2-14-4-3-13(1)9-10-15-5-7-16(8-6-15)12-11-14/h1-5,7,15-16H,6,8-12H2. The van der Waals surface area contributed by atoms with Crippen LogP contribution in [0.15, 0.2) is 36.4 Å². The van der Waals surface area contributed by atoms with E-state index in [2.05, 4.69) is 36.4 Å². The first-order valence-corrected chi connectivity index (χ1v) is 6.66. The average molecular weight is 212 g/mol. The molecular formula is C16H20. The van der Waals surface area contributed by atoms with Gasteiger partial charge < -0.3 is 0 Å². The van der Waals surface area contributed by atoms with Crippen LogP contribution in [0.5, 0.6) is 0 Å². The molecule has 0 spiro atoms. The summed E-state index contributed by atoms with van der Waals surface area (Å²) < 4.78 is 0. The number of aryl methyl sites for hydroxylation is 2. The summed E-state index contributed by atoms with van der Waals surface area (Å²) in [5.41, 5.74) is 3.03. The lowest BCUT2D eigenvalue weighted by atomic mass is 9.82. The van der Waals surface area contributed by atoms with E-state index >= 15 is 0 Å². The van der Waals surface area contributed by atoms with E-state index in [1.807, 2.05) is 0 Å². The molecule has 2 atom stereocenters. The van der Waals surface area contributed by atoms with E-state index in [-0.39, 0.29) is 0 Å². The summed E-state index contributed by atoms with van der Waals surface area (Å²) in [5.74, 6) is 1.69. The lowest BCUT2D eigenvalue weighted by Gasteiger charge is -2.24. The van der Waals surface area contributed by atoms with E-state index < -0.39 is 0 Å². The average Bonchev–Trinajstić information content (AvgIpc) is 2.33. The molecule has 0 saturated heterocycles. The molecular weight excluding hydrogens is 192 g/mol. The third-order valence-corrected chi connectivity index (χ3v) is 4.19. The third-order valence-electron chi connectivity index (χ3n) is 4.19. The van der Waals surface area contributed by atoms with Gasteiger partial charge in [-0.1, -0.05) is 36.4 Å². The van der Waals surface area contributed by atoms with Gasteiger partial charge in [-0.3, -0.25) is 0 Å². The highest BCUT2D eigenvalue weighted by Gasteiger charge is 2.16. The Hall–Kier alpha value is -1.04. The highest BCUT2D eigenvalue weighted by molar-refractivity contribution is 5.23. The molecule has 0 amide bonds. The number of rotatable bonds is 0. The maximum absolute atomic E-state index is 2.49. The first-order valence-electron chi connectivity index (χ1n) is 6.66. The fourth-order valence-corrected chi connectivity index (χ4v) is 2.99. The van der Waals surface area contributed by atoms with Gasteiger partial charge in [0, 0.05) is 0 Å². The van der Waals surface area contributed by atoms with Gasteiger partial charge in [0.2, 0.25) is 0 Å². The molecule has 0 N–H and O–H groups in total. The van der Waals surface area contributed by atoms with Crippen molar-refractivity contribution in [2.45, 2.75) is 38.5 Å². The summed E-state index contributed by atoms with van der Waals surface area (Å²) in [5, 5.41) is 0. The van der Waals surface area contributed by atoms with E-state index in [1.54, 1.807) is 0 Å². The zero-order valence-corrected chi connectivity index (χ0v) is 9.86. The van der Waals surface area contributed by atoms with Crippen LogP contribution in [0.2, 0.25) is 0 Å². The van der Waals surface area contributed by atoms with Gasteiger partial charge in [0.25, 0.3) is 0 Å². The van der Waals surface area contributed by atoms with Gasteiger partial charge in [0.1, 0.15) is 0 Å². The van der Waals surface area contributed by atoms with Gasteiger partial charge in [0.05, 0.1) is 0 Å². The summed E-state index contributed by atoms with van der Waals surface area (Å²) in [4.78, 5) is 0. The molecule has 0 nitrogen and oxygen atoms in total. The van der Waals surface area contributed by atoms with Gasteiger partial charge in [-0.2, -0.15) is 0 Å². The van der Waals surface area contributed by atoms with Crippen LogP contribution >= 0.6 is 0 Å². The normalized spacial score (nSPS) is 28.8. The SMILES string of the molecule is C1=CC2CCc3ccc(cc3)CCC1CC2. The molecule has 5 aliphatic rings. The van der Waals surface area contributed by atoms with Crippen LogP contribution in [0.3, 0.4) is 0 Å². The molecule has 6 rings (SSSR count). The summed E-state index contributed by atoms with van der Waals surface area (Å²) >= 11 is 0. The van der Waals surface area contributed by atoms with Crippen LogP contribution < -0.4 is 0 Å². The van der Waals surface area contributed by atoms with E-state index in [9.17, 15) is 0 Å². The molecule has 0 saturated carbocycles. The van der Waals surface area contributed by atoms with E-state index in [0.29, 0.717) is 0 Å². The topological polar surface area (TPSA) is 0 Å². The van der Waals surface area contributed by atoms with Crippen LogP contribution in [-0.4, -0.2) is 0 Å². The Bertz CT molecular complexity index is 335. The summed E-state index contributed by atoms with van der Waals surface area (Å²) in [6, 6.07) is 9.31. The fraction of sp³-hybridized carbons (Fsp3) is 0.500. The smallest absolute Gasteiger partial charge is 0.0230 e. The molecule has 0 fully saturated rings. The molecule has 4 bridgehead atoms. The Morgan fingerprint density at radius 3 is 1.44 bits per heavy atom. The molecule has 0 radical (unpaired) electrons. The number of benzene rings is 1. The highest BCUT2D eigenvalue weighted by Crippen LogP contribution is 2.29. The van der Waals surface area contributed by atoms with E-state index in [0.717, 1.165) is 11.8 Å². The van der Waals surface area contributed by atoms with Crippen LogP contribution in [0.4, 0.5) is 0 Å². The van der Waals surface area contributed by atoms with Gasteiger partial charge in [-0.15, -0.1) is 0 Å². The largest absolute Gasteiger partial charge is 0.0851 e. The van der Waals surface area contributed by atoms with Crippen molar-refractivity contribution < 1.29 is 0 Å². The summed E-state index contributed by atoms with van der Waals surface area (Å²) in [7, 11) is 0. The quantitative estimate of drug-likeness (QED) is 0.567. The molecule has 0 aromatic heterocycles. The van der Waals surface area contributed by atoms with E-state index in [4.69, 9.17) is 0 Å². The molecule has 0 heteroatoms. The van der Waals surface area contributed by atoms with E-state index in [1.165, 1.54) is 49.7 Å². The first-order chi connectivity index (χ1) is 7.90. The first kappa shape index (κ1) is 10.1. The Kier molecular flexibility index (Phi) is 2.82. The predicted octanol–water partition coefficient (Wildman–Crippen LogP) is 4.15. The zero-order valence-electron chi connectivity index (χ0n) is 9.86. The Morgan fingerprint density at radius 2 is 1.06 bits per heavy atom. The summed E-state index contributed by atoms with van der Waals surface area (Å²) in [6.45, 7) is 0. The molecule has 2 unspecified atom stereocenters.